The maximum absolute atomic E-state index is 12.5. The summed E-state index contributed by atoms with van der Waals surface area (Å²) in [6.45, 7) is 5.42. The summed E-state index contributed by atoms with van der Waals surface area (Å²) < 4.78 is 11.2. The molecule has 5 heteroatoms. The highest BCUT2D eigenvalue weighted by Gasteiger charge is 2.23. The lowest BCUT2D eigenvalue weighted by atomic mass is 9.95. The smallest absolute Gasteiger partial charge is 0.236 e. The number of para-hydroxylation sites is 1. The molecule has 2 heterocycles. The highest BCUT2D eigenvalue weighted by atomic mass is 16.5. The first-order valence-corrected chi connectivity index (χ1v) is 10.9. The van der Waals surface area contributed by atoms with Crippen LogP contribution in [0.15, 0.2) is 60.7 Å². The van der Waals surface area contributed by atoms with Crippen LogP contribution in [0.25, 0.3) is 6.08 Å². The van der Waals surface area contributed by atoms with Gasteiger partial charge in [-0.3, -0.25) is 9.69 Å². The van der Waals surface area contributed by atoms with Crippen LogP contribution in [-0.4, -0.2) is 61.6 Å². The van der Waals surface area contributed by atoms with Crippen LogP contribution < -0.4 is 4.74 Å². The molecule has 0 aromatic heterocycles. The van der Waals surface area contributed by atoms with Crippen molar-refractivity contribution in [2.75, 3.05) is 45.9 Å². The van der Waals surface area contributed by atoms with Gasteiger partial charge in [-0.1, -0.05) is 42.5 Å². The van der Waals surface area contributed by atoms with Crippen LogP contribution in [0, 0.1) is 5.92 Å². The Labute approximate surface area is 178 Å². The predicted molar refractivity (Wildman–Crippen MR) is 119 cm³/mol. The number of carbonyl (C=O) groups excluding carboxylic acids is 1. The molecule has 4 rings (SSSR count). The summed E-state index contributed by atoms with van der Waals surface area (Å²) in [5, 5.41) is 0. The number of carbonyl (C=O) groups is 1. The molecule has 0 atom stereocenters. The molecule has 0 N–H and O–H groups in total. The molecular weight excluding hydrogens is 376 g/mol. The van der Waals surface area contributed by atoms with Crippen molar-refractivity contribution >= 4 is 12.0 Å². The van der Waals surface area contributed by atoms with Crippen molar-refractivity contribution in [1.82, 2.24) is 9.80 Å². The van der Waals surface area contributed by atoms with Gasteiger partial charge in [0.05, 0.1) is 19.8 Å². The van der Waals surface area contributed by atoms with E-state index >= 15 is 0 Å². The minimum atomic E-state index is 0.258. The minimum Gasteiger partial charge on any atom is -0.457 e. The first kappa shape index (κ1) is 20.6. The summed E-state index contributed by atoms with van der Waals surface area (Å²) in [7, 11) is 0. The highest BCUT2D eigenvalue weighted by Crippen LogP contribution is 2.23. The van der Waals surface area contributed by atoms with Gasteiger partial charge in [0.15, 0.2) is 0 Å². The first-order valence-electron chi connectivity index (χ1n) is 10.9. The second kappa shape index (κ2) is 10.4. The van der Waals surface area contributed by atoms with Crippen LogP contribution in [0.2, 0.25) is 0 Å². The second-order valence-corrected chi connectivity index (χ2v) is 7.95. The van der Waals surface area contributed by atoms with Crippen LogP contribution in [0.5, 0.6) is 11.5 Å². The lowest BCUT2D eigenvalue weighted by Crippen LogP contribution is -2.46. The van der Waals surface area contributed by atoms with Gasteiger partial charge >= 0.3 is 0 Å². The molecule has 0 saturated carbocycles. The van der Waals surface area contributed by atoms with E-state index in [0.717, 1.165) is 63.7 Å². The first-order chi connectivity index (χ1) is 14.8. The molecule has 5 nitrogen and oxygen atoms in total. The Kier molecular flexibility index (Phi) is 7.16. The van der Waals surface area contributed by atoms with Gasteiger partial charge in [0.2, 0.25) is 5.91 Å². The Balaban J connectivity index is 1.22. The van der Waals surface area contributed by atoms with Crippen molar-refractivity contribution < 1.29 is 14.3 Å². The molecule has 2 aromatic rings. The molecule has 0 unspecified atom stereocenters. The number of benzene rings is 2. The van der Waals surface area contributed by atoms with E-state index in [9.17, 15) is 4.79 Å². The van der Waals surface area contributed by atoms with Crippen molar-refractivity contribution in [3.63, 3.8) is 0 Å². The molecular formula is C25H30N2O3. The Morgan fingerprint density at radius 3 is 2.30 bits per heavy atom. The van der Waals surface area contributed by atoms with Gasteiger partial charge in [0.1, 0.15) is 11.5 Å². The molecule has 2 aliphatic heterocycles. The Bertz CT molecular complexity index is 821. The average Bonchev–Trinajstić information content (AvgIpc) is 2.80. The molecule has 0 aliphatic carbocycles. The molecule has 2 fully saturated rings. The predicted octanol–water partition coefficient (Wildman–Crippen LogP) is 4.06. The van der Waals surface area contributed by atoms with Crippen molar-refractivity contribution in [3.05, 3.63) is 66.2 Å². The van der Waals surface area contributed by atoms with E-state index in [1.54, 1.807) is 0 Å². The molecule has 0 spiro atoms. The van der Waals surface area contributed by atoms with Crippen LogP contribution in [0.3, 0.4) is 0 Å². The van der Waals surface area contributed by atoms with Crippen LogP contribution >= 0.6 is 0 Å². The highest BCUT2D eigenvalue weighted by molar-refractivity contribution is 5.78. The van der Waals surface area contributed by atoms with Gasteiger partial charge < -0.3 is 14.4 Å². The van der Waals surface area contributed by atoms with Crippen LogP contribution in [-0.2, 0) is 9.53 Å². The third-order valence-corrected chi connectivity index (χ3v) is 5.77. The minimum absolute atomic E-state index is 0.258. The van der Waals surface area contributed by atoms with E-state index in [1.807, 2.05) is 47.4 Å². The Morgan fingerprint density at radius 1 is 0.933 bits per heavy atom. The number of hydrogen-bond acceptors (Lipinski definition) is 4. The lowest BCUT2D eigenvalue weighted by molar-refractivity contribution is -0.134. The standard InChI is InChI=1S/C25H30N2O3/c28-25(20-26-16-18-29-19-17-26)27-14-12-22(13-15-27)7-6-21-8-10-24(11-9-21)30-23-4-2-1-3-5-23/h1-11,22H,12-20H2/b7-6+. The number of ether oxygens (including phenoxy) is 2. The van der Waals surface area contributed by atoms with Crippen molar-refractivity contribution in [2.24, 2.45) is 5.92 Å². The normalized spacial score (nSPS) is 18.6. The van der Waals surface area contributed by atoms with Crippen molar-refractivity contribution in [1.29, 1.82) is 0 Å². The van der Waals surface area contributed by atoms with E-state index in [4.69, 9.17) is 9.47 Å². The van der Waals surface area contributed by atoms with Gasteiger partial charge in [-0.05, 0) is 48.6 Å². The number of morpholine rings is 1. The van der Waals surface area contributed by atoms with E-state index in [2.05, 4.69) is 29.2 Å². The van der Waals surface area contributed by atoms with E-state index in [0.29, 0.717) is 12.5 Å². The second-order valence-electron chi connectivity index (χ2n) is 7.95. The zero-order valence-corrected chi connectivity index (χ0v) is 17.4. The third kappa shape index (κ3) is 5.94. The topological polar surface area (TPSA) is 42.0 Å². The SMILES string of the molecule is O=C(CN1CCOCC1)N1CCC(/C=C/c2ccc(Oc3ccccc3)cc2)CC1. The Hall–Kier alpha value is -2.63. The molecule has 2 aliphatic rings. The van der Waals surface area contributed by atoms with Gasteiger partial charge in [0, 0.05) is 26.2 Å². The zero-order valence-electron chi connectivity index (χ0n) is 17.4. The number of likely N-dealkylation sites (tertiary alicyclic amines) is 1. The molecule has 1 amide bonds. The number of piperidine rings is 1. The summed E-state index contributed by atoms with van der Waals surface area (Å²) in [4.78, 5) is 16.7. The van der Waals surface area contributed by atoms with Crippen molar-refractivity contribution in [2.45, 2.75) is 12.8 Å². The summed E-state index contributed by atoms with van der Waals surface area (Å²) in [5.41, 5.74) is 1.17. The summed E-state index contributed by atoms with van der Waals surface area (Å²) >= 11 is 0. The monoisotopic (exact) mass is 406 g/mol. The molecule has 158 valence electrons. The maximum Gasteiger partial charge on any atom is 0.236 e. The number of hydrogen-bond donors (Lipinski definition) is 0. The van der Waals surface area contributed by atoms with E-state index in [-0.39, 0.29) is 5.91 Å². The number of nitrogens with zero attached hydrogens (tertiary/aromatic N) is 2. The molecule has 2 aromatic carbocycles. The van der Waals surface area contributed by atoms with Crippen molar-refractivity contribution in [3.8, 4) is 11.5 Å². The number of amides is 1. The summed E-state index contributed by atoms with van der Waals surface area (Å²) in [5.74, 6) is 2.46. The molecule has 0 bridgehead atoms. The van der Waals surface area contributed by atoms with Crippen LogP contribution in [0.1, 0.15) is 18.4 Å². The van der Waals surface area contributed by atoms with Gasteiger partial charge in [-0.25, -0.2) is 0 Å². The van der Waals surface area contributed by atoms with E-state index in [1.165, 1.54) is 5.56 Å². The molecule has 30 heavy (non-hydrogen) atoms. The lowest BCUT2D eigenvalue weighted by Gasteiger charge is -2.33. The van der Waals surface area contributed by atoms with Gasteiger partial charge in [-0.15, -0.1) is 0 Å². The number of allylic oxidation sites excluding steroid dienone is 1. The fourth-order valence-electron chi connectivity index (χ4n) is 3.91. The zero-order chi connectivity index (χ0) is 20.6. The van der Waals surface area contributed by atoms with E-state index < -0.39 is 0 Å². The summed E-state index contributed by atoms with van der Waals surface area (Å²) in [6.07, 6.45) is 6.53. The quantitative estimate of drug-likeness (QED) is 0.725. The molecule has 0 radical (unpaired) electrons. The average molecular weight is 407 g/mol. The molecule has 2 saturated heterocycles. The third-order valence-electron chi connectivity index (χ3n) is 5.77. The summed E-state index contributed by atoms with van der Waals surface area (Å²) in [6, 6.07) is 18.0. The fraction of sp³-hybridized carbons (Fsp3) is 0.400. The van der Waals surface area contributed by atoms with Crippen LogP contribution in [0.4, 0.5) is 0 Å². The Morgan fingerprint density at radius 2 is 1.60 bits per heavy atom. The maximum atomic E-state index is 12.5. The fourth-order valence-corrected chi connectivity index (χ4v) is 3.91. The number of rotatable bonds is 6. The van der Waals surface area contributed by atoms with Gasteiger partial charge in [0.25, 0.3) is 0 Å². The largest absolute Gasteiger partial charge is 0.457 e. The van der Waals surface area contributed by atoms with Gasteiger partial charge in [-0.2, -0.15) is 0 Å².